The lowest BCUT2D eigenvalue weighted by atomic mass is 10.0. The SMILES string of the molecule is CCCCCC(O)c1ccc(Cl)c(OC)c1. The van der Waals surface area contributed by atoms with E-state index >= 15 is 0 Å². The lowest BCUT2D eigenvalue weighted by Gasteiger charge is -2.12. The van der Waals surface area contributed by atoms with Gasteiger partial charge in [0, 0.05) is 0 Å². The average Bonchev–Trinajstić information content (AvgIpc) is 2.30. The van der Waals surface area contributed by atoms with Gasteiger partial charge >= 0.3 is 0 Å². The molecule has 1 aromatic carbocycles. The molecule has 0 bridgehead atoms. The average molecular weight is 243 g/mol. The highest BCUT2D eigenvalue weighted by Gasteiger charge is 2.09. The molecule has 0 fully saturated rings. The van der Waals surface area contributed by atoms with E-state index in [2.05, 4.69) is 6.92 Å². The summed E-state index contributed by atoms with van der Waals surface area (Å²) in [5.74, 6) is 0.619. The number of rotatable bonds is 6. The number of aliphatic hydroxyl groups excluding tert-OH is 1. The summed E-state index contributed by atoms with van der Waals surface area (Å²) in [7, 11) is 1.58. The molecule has 0 heterocycles. The predicted octanol–water partition coefficient (Wildman–Crippen LogP) is 3.96. The third kappa shape index (κ3) is 3.69. The Morgan fingerprint density at radius 3 is 2.75 bits per heavy atom. The van der Waals surface area contributed by atoms with Gasteiger partial charge in [0.05, 0.1) is 18.2 Å². The van der Waals surface area contributed by atoms with Crippen molar-refractivity contribution in [2.75, 3.05) is 7.11 Å². The van der Waals surface area contributed by atoms with Crippen LogP contribution in [0.4, 0.5) is 0 Å². The number of halogens is 1. The topological polar surface area (TPSA) is 29.5 Å². The van der Waals surface area contributed by atoms with Crippen LogP contribution in [0.3, 0.4) is 0 Å². The lowest BCUT2D eigenvalue weighted by Crippen LogP contribution is -1.98. The minimum Gasteiger partial charge on any atom is -0.495 e. The van der Waals surface area contributed by atoms with Gasteiger partial charge in [0.1, 0.15) is 5.75 Å². The minimum atomic E-state index is -0.419. The quantitative estimate of drug-likeness (QED) is 0.765. The van der Waals surface area contributed by atoms with Gasteiger partial charge in [0.25, 0.3) is 0 Å². The highest BCUT2D eigenvalue weighted by molar-refractivity contribution is 6.32. The molecule has 0 aliphatic heterocycles. The van der Waals surface area contributed by atoms with Gasteiger partial charge in [0.2, 0.25) is 0 Å². The second-order valence-electron chi connectivity index (χ2n) is 3.91. The van der Waals surface area contributed by atoms with E-state index in [-0.39, 0.29) is 0 Å². The summed E-state index contributed by atoms with van der Waals surface area (Å²) < 4.78 is 5.12. The molecular weight excluding hydrogens is 224 g/mol. The van der Waals surface area contributed by atoms with E-state index in [1.807, 2.05) is 6.07 Å². The molecule has 1 N–H and O–H groups in total. The summed E-state index contributed by atoms with van der Waals surface area (Å²) in [5.41, 5.74) is 0.873. The fourth-order valence-corrected chi connectivity index (χ4v) is 1.83. The largest absolute Gasteiger partial charge is 0.495 e. The molecule has 16 heavy (non-hydrogen) atoms. The second-order valence-corrected chi connectivity index (χ2v) is 4.31. The highest BCUT2D eigenvalue weighted by atomic mass is 35.5. The molecule has 90 valence electrons. The van der Waals surface area contributed by atoms with Crippen molar-refractivity contribution < 1.29 is 9.84 Å². The molecule has 0 saturated carbocycles. The number of benzene rings is 1. The van der Waals surface area contributed by atoms with Crippen molar-refractivity contribution in [2.45, 2.75) is 38.7 Å². The molecule has 0 spiro atoms. The van der Waals surface area contributed by atoms with Crippen LogP contribution < -0.4 is 4.74 Å². The van der Waals surface area contributed by atoms with Crippen LogP contribution in [-0.2, 0) is 0 Å². The van der Waals surface area contributed by atoms with Crippen LogP contribution in [0.5, 0.6) is 5.75 Å². The second kappa shape index (κ2) is 6.77. The monoisotopic (exact) mass is 242 g/mol. The first-order valence-electron chi connectivity index (χ1n) is 5.70. The molecule has 1 unspecified atom stereocenters. The van der Waals surface area contributed by atoms with Crippen molar-refractivity contribution in [3.8, 4) is 5.75 Å². The van der Waals surface area contributed by atoms with Gasteiger partial charge in [-0.15, -0.1) is 0 Å². The Bertz CT molecular complexity index is 326. The van der Waals surface area contributed by atoms with E-state index in [1.54, 1.807) is 19.2 Å². The molecule has 0 aliphatic rings. The zero-order valence-corrected chi connectivity index (χ0v) is 10.6. The molecule has 1 atom stereocenters. The highest BCUT2D eigenvalue weighted by Crippen LogP contribution is 2.29. The Morgan fingerprint density at radius 1 is 1.38 bits per heavy atom. The summed E-state index contributed by atoms with van der Waals surface area (Å²) in [6, 6.07) is 5.42. The van der Waals surface area contributed by atoms with Crippen LogP contribution in [0, 0.1) is 0 Å². The van der Waals surface area contributed by atoms with Crippen LogP contribution in [0.25, 0.3) is 0 Å². The number of hydrogen-bond donors (Lipinski definition) is 1. The summed E-state index contributed by atoms with van der Waals surface area (Å²) in [6.45, 7) is 2.15. The van der Waals surface area contributed by atoms with E-state index in [0.717, 1.165) is 31.2 Å². The molecule has 1 aromatic rings. The first-order valence-corrected chi connectivity index (χ1v) is 6.08. The molecule has 3 heteroatoms. The van der Waals surface area contributed by atoms with E-state index < -0.39 is 6.10 Å². The van der Waals surface area contributed by atoms with Crippen molar-refractivity contribution in [1.82, 2.24) is 0 Å². The Labute approximate surface area is 102 Å². The van der Waals surface area contributed by atoms with Crippen LogP contribution in [0.15, 0.2) is 18.2 Å². The molecule has 2 nitrogen and oxygen atoms in total. The normalized spacial score (nSPS) is 12.5. The van der Waals surface area contributed by atoms with Gasteiger partial charge < -0.3 is 9.84 Å². The third-order valence-electron chi connectivity index (χ3n) is 2.64. The molecule has 0 aromatic heterocycles. The first kappa shape index (κ1) is 13.3. The number of aliphatic hydroxyl groups is 1. The fraction of sp³-hybridized carbons (Fsp3) is 0.538. The van der Waals surface area contributed by atoms with E-state index in [4.69, 9.17) is 16.3 Å². The van der Waals surface area contributed by atoms with E-state index in [1.165, 1.54) is 0 Å². The van der Waals surface area contributed by atoms with Crippen molar-refractivity contribution in [3.63, 3.8) is 0 Å². The molecule has 0 saturated heterocycles. The van der Waals surface area contributed by atoms with Crippen LogP contribution >= 0.6 is 11.6 Å². The van der Waals surface area contributed by atoms with Crippen LogP contribution in [0.1, 0.15) is 44.3 Å². The number of ether oxygens (including phenoxy) is 1. The van der Waals surface area contributed by atoms with Gasteiger partial charge in [-0.3, -0.25) is 0 Å². The number of unbranched alkanes of at least 4 members (excludes halogenated alkanes) is 2. The van der Waals surface area contributed by atoms with Gasteiger partial charge in [0.15, 0.2) is 0 Å². The number of hydrogen-bond acceptors (Lipinski definition) is 2. The zero-order valence-electron chi connectivity index (χ0n) is 9.87. The minimum absolute atomic E-state index is 0.419. The summed E-state index contributed by atoms with van der Waals surface area (Å²) in [4.78, 5) is 0. The van der Waals surface area contributed by atoms with Crippen molar-refractivity contribution in [3.05, 3.63) is 28.8 Å². The molecule has 0 radical (unpaired) electrons. The summed E-state index contributed by atoms with van der Waals surface area (Å²) >= 11 is 5.92. The van der Waals surface area contributed by atoms with Gasteiger partial charge in [-0.1, -0.05) is 43.9 Å². The Hall–Kier alpha value is -0.730. The zero-order chi connectivity index (χ0) is 12.0. The van der Waals surface area contributed by atoms with Crippen molar-refractivity contribution in [2.24, 2.45) is 0 Å². The fourth-order valence-electron chi connectivity index (χ4n) is 1.64. The van der Waals surface area contributed by atoms with Crippen LogP contribution in [0.2, 0.25) is 5.02 Å². The maximum Gasteiger partial charge on any atom is 0.137 e. The smallest absolute Gasteiger partial charge is 0.137 e. The lowest BCUT2D eigenvalue weighted by molar-refractivity contribution is 0.163. The summed E-state index contributed by atoms with van der Waals surface area (Å²) in [5, 5.41) is 10.5. The Morgan fingerprint density at radius 2 is 2.12 bits per heavy atom. The van der Waals surface area contributed by atoms with Crippen molar-refractivity contribution >= 4 is 11.6 Å². The maximum absolute atomic E-state index is 9.96. The standard InChI is InChI=1S/C13H19ClO2/c1-3-4-5-6-12(15)10-7-8-11(14)13(9-10)16-2/h7-9,12,15H,3-6H2,1-2H3. The van der Waals surface area contributed by atoms with E-state index in [0.29, 0.717) is 10.8 Å². The third-order valence-corrected chi connectivity index (χ3v) is 2.95. The summed E-state index contributed by atoms with van der Waals surface area (Å²) in [6.07, 6.45) is 3.73. The van der Waals surface area contributed by atoms with Gasteiger partial charge in [-0.25, -0.2) is 0 Å². The van der Waals surface area contributed by atoms with E-state index in [9.17, 15) is 5.11 Å². The predicted molar refractivity (Wildman–Crippen MR) is 67.1 cm³/mol. The molecule has 0 aliphatic carbocycles. The van der Waals surface area contributed by atoms with Gasteiger partial charge in [-0.2, -0.15) is 0 Å². The molecular formula is C13H19ClO2. The van der Waals surface area contributed by atoms with Crippen LogP contribution in [-0.4, -0.2) is 12.2 Å². The maximum atomic E-state index is 9.96. The molecule has 0 amide bonds. The van der Waals surface area contributed by atoms with Gasteiger partial charge in [-0.05, 0) is 24.1 Å². The Balaban J connectivity index is 2.64. The van der Waals surface area contributed by atoms with Crippen molar-refractivity contribution in [1.29, 1.82) is 0 Å². The first-order chi connectivity index (χ1) is 7.69. The Kier molecular flexibility index (Phi) is 5.64. The molecule has 1 rings (SSSR count). The number of methoxy groups -OCH3 is 1.